The van der Waals surface area contributed by atoms with E-state index in [1.807, 2.05) is 13.8 Å². The van der Waals surface area contributed by atoms with E-state index in [9.17, 15) is 10.1 Å². The van der Waals surface area contributed by atoms with Gasteiger partial charge in [-0.15, -0.1) is 0 Å². The minimum Gasteiger partial charge on any atom is -0.313 e. The van der Waals surface area contributed by atoms with Gasteiger partial charge in [0.25, 0.3) is 5.69 Å². The van der Waals surface area contributed by atoms with E-state index in [-0.39, 0.29) is 5.69 Å². The Morgan fingerprint density at radius 1 is 1.30 bits per heavy atom. The Bertz CT molecular complexity index is 611. The molecule has 0 bridgehead atoms. The van der Waals surface area contributed by atoms with Crippen LogP contribution < -0.4 is 5.32 Å². The van der Waals surface area contributed by atoms with Crippen molar-refractivity contribution in [3.05, 3.63) is 51.8 Å². The van der Waals surface area contributed by atoms with Gasteiger partial charge in [-0.05, 0) is 19.0 Å². The fourth-order valence-corrected chi connectivity index (χ4v) is 1.82. The van der Waals surface area contributed by atoms with Crippen molar-refractivity contribution in [2.24, 2.45) is 0 Å². The normalized spacial score (nSPS) is 10.5. The molecule has 1 heterocycles. The Labute approximate surface area is 117 Å². The van der Waals surface area contributed by atoms with Crippen LogP contribution in [-0.4, -0.2) is 21.4 Å². The van der Waals surface area contributed by atoms with Gasteiger partial charge < -0.3 is 5.32 Å². The SMILES string of the molecule is CCNCc1cnc(-c2cc([N+](=O)[O-])ccc2C)nc1. The molecule has 2 rings (SSSR count). The Morgan fingerprint density at radius 3 is 2.60 bits per heavy atom. The molecule has 0 unspecified atom stereocenters. The van der Waals surface area contributed by atoms with Gasteiger partial charge in [-0.2, -0.15) is 0 Å². The van der Waals surface area contributed by atoms with Gasteiger partial charge in [-0.25, -0.2) is 9.97 Å². The first-order valence-electron chi connectivity index (χ1n) is 6.39. The van der Waals surface area contributed by atoms with E-state index in [1.165, 1.54) is 12.1 Å². The Balaban J connectivity index is 2.31. The number of nitro benzene ring substituents is 1. The molecule has 104 valence electrons. The number of hydrogen-bond donors (Lipinski definition) is 1. The molecule has 1 N–H and O–H groups in total. The van der Waals surface area contributed by atoms with Crippen LogP contribution in [0.3, 0.4) is 0 Å². The predicted molar refractivity (Wildman–Crippen MR) is 76.2 cm³/mol. The molecule has 1 aromatic heterocycles. The average Bonchev–Trinajstić information content (AvgIpc) is 2.46. The minimum absolute atomic E-state index is 0.0472. The van der Waals surface area contributed by atoms with Crippen LogP contribution >= 0.6 is 0 Å². The van der Waals surface area contributed by atoms with Crippen molar-refractivity contribution in [3.63, 3.8) is 0 Å². The molecule has 0 aliphatic rings. The maximum atomic E-state index is 10.8. The van der Waals surface area contributed by atoms with Crippen LogP contribution in [0.15, 0.2) is 30.6 Å². The molecule has 0 saturated heterocycles. The predicted octanol–water partition coefficient (Wildman–Crippen LogP) is 2.47. The second-order valence-electron chi connectivity index (χ2n) is 4.45. The Hall–Kier alpha value is -2.34. The highest BCUT2D eigenvalue weighted by Gasteiger charge is 2.12. The smallest absolute Gasteiger partial charge is 0.270 e. The fraction of sp³-hybridized carbons (Fsp3) is 0.286. The molecule has 0 atom stereocenters. The summed E-state index contributed by atoms with van der Waals surface area (Å²) in [5.74, 6) is 0.506. The highest BCUT2D eigenvalue weighted by Crippen LogP contribution is 2.24. The lowest BCUT2D eigenvalue weighted by atomic mass is 10.1. The number of aryl methyl sites for hydroxylation is 1. The van der Waals surface area contributed by atoms with Crippen molar-refractivity contribution in [3.8, 4) is 11.4 Å². The molecule has 0 saturated carbocycles. The topological polar surface area (TPSA) is 81.0 Å². The lowest BCUT2D eigenvalue weighted by Gasteiger charge is -2.06. The molecule has 0 aliphatic heterocycles. The van der Waals surface area contributed by atoms with E-state index in [1.54, 1.807) is 18.5 Å². The van der Waals surface area contributed by atoms with Crippen LogP contribution in [0.2, 0.25) is 0 Å². The number of nitrogens with zero attached hydrogens (tertiary/aromatic N) is 3. The zero-order valence-electron chi connectivity index (χ0n) is 11.5. The van der Waals surface area contributed by atoms with Gasteiger partial charge in [0.2, 0.25) is 0 Å². The van der Waals surface area contributed by atoms with E-state index in [0.29, 0.717) is 17.9 Å². The number of nitro groups is 1. The third-order valence-corrected chi connectivity index (χ3v) is 2.96. The first kappa shape index (κ1) is 14.1. The van der Waals surface area contributed by atoms with E-state index in [0.717, 1.165) is 17.7 Å². The number of hydrogen-bond acceptors (Lipinski definition) is 5. The number of aromatic nitrogens is 2. The third kappa shape index (κ3) is 3.16. The second kappa shape index (κ2) is 6.21. The summed E-state index contributed by atoms with van der Waals surface area (Å²) in [7, 11) is 0. The maximum absolute atomic E-state index is 10.8. The first-order valence-corrected chi connectivity index (χ1v) is 6.39. The third-order valence-electron chi connectivity index (χ3n) is 2.96. The number of non-ortho nitro benzene ring substituents is 1. The van der Waals surface area contributed by atoms with Crippen LogP contribution in [0.5, 0.6) is 0 Å². The summed E-state index contributed by atoms with van der Waals surface area (Å²) in [4.78, 5) is 19.0. The van der Waals surface area contributed by atoms with Gasteiger partial charge in [0, 0.05) is 42.2 Å². The van der Waals surface area contributed by atoms with Gasteiger partial charge in [0.15, 0.2) is 5.82 Å². The summed E-state index contributed by atoms with van der Waals surface area (Å²) < 4.78 is 0. The van der Waals surface area contributed by atoms with Crippen molar-refractivity contribution in [2.45, 2.75) is 20.4 Å². The Kier molecular flexibility index (Phi) is 4.37. The molecular weight excluding hydrogens is 256 g/mol. The minimum atomic E-state index is -0.414. The molecule has 0 fully saturated rings. The van der Waals surface area contributed by atoms with E-state index < -0.39 is 4.92 Å². The summed E-state index contributed by atoms with van der Waals surface area (Å²) in [5, 5.41) is 14.0. The summed E-state index contributed by atoms with van der Waals surface area (Å²) in [6, 6.07) is 4.70. The Morgan fingerprint density at radius 2 is 2.00 bits per heavy atom. The lowest BCUT2D eigenvalue weighted by Crippen LogP contribution is -2.12. The molecule has 0 aliphatic carbocycles. The van der Waals surface area contributed by atoms with Gasteiger partial charge in [-0.3, -0.25) is 10.1 Å². The van der Waals surface area contributed by atoms with Crippen molar-refractivity contribution in [1.82, 2.24) is 15.3 Å². The monoisotopic (exact) mass is 272 g/mol. The van der Waals surface area contributed by atoms with Gasteiger partial charge in [0.1, 0.15) is 0 Å². The van der Waals surface area contributed by atoms with Crippen molar-refractivity contribution in [2.75, 3.05) is 6.54 Å². The standard InChI is InChI=1S/C14H16N4O2/c1-3-15-7-11-8-16-14(17-9-11)13-6-12(18(19)20)5-4-10(13)2/h4-6,8-9,15H,3,7H2,1-2H3. The molecule has 6 nitrogen and oxygen atoms in total. The highest BCUT2D eigenvalue weighted by atomic mass is 16.6. The molecule has 20 heavy (non-hydrogen) atoms. The first-order chi connectivity index (χ1) is 9.61. The average molecular weight is 272 g/mol. The molecule has 0 radical (unpaired) electrons. The molecule has 1 aromatic carbocycles. The van der Waals surface area contributed by atoms with Crippen molar-refractivity contribution in [1.29, 1.82) is 0 Å². The fourth-order valence-electron chi connectivity index (χ4n) is 1.82. The number of nitrogens with one attached hydrogen (secondary N) is 1. The number of benzene rings is 1. The van der Waals surface area contributed by atoms with Crippen LogP contribution in [0.1, 0.15) is 18.1 Å². The highest BCUT2D eigenvalue weighted by molar-refractivity contribution is 5.63. The van der Waals surface area contributed by atoms with E-state index >= 15 is 0 Å². The van der Waals surface area contributed by atoms with Gasteiger partial charge in [0.05, 0.1) is 4.92 Å². The van der Waals surface area contributed by atoms with Crippen LogP contribution in [0, 0.1) is 17.0 Å². The quantitative estimate of drug-likeness (QED) is 0.668. The van der Waals surface area contributed by atoms with Gasteiger partial charge >= 0.3 is 0 Å². The van der Waals surface area contributed by atoms with Gasteiger partial charge in [-0.1, -0.05) is 13.0 Å². The van der Waals surface area contributed by atoms with Crippen molar-refractivity contribution >= 4 is 5.69 Å². The zero-order chi connectivity index (χ0) is 14.5. The van der Waals surface area contributed by atoms with Crippen LogP contribution in [0.25, 0.3) is 11.4 Å². The zero-order valence-corrected chi connectivity index (χ0v) is 11.5. The molecule has 6 heteroatoms. The largest absolute Gasteiger partial charge is 0.313 e. The van der Waals surface area contributed by atoms with Crippen LogP contribution in [0.4, 0.5) is 5.69 Å². The lowest BCUT2D eigenvalue weighted by molar-refractivity contribution is -0.384. The maximum Gasteiger partial charge on any atom is 0.270 e. The molecule has 2 aromatic rings. The molecule has 0 amide bonds. The molecule has 0 spiro atoms. The van der Waals surface area contributed by atoms with Crippen molar-refractivity contribution < 1.29 is 4.92 Å². The van der Waals surface area contributed by atoms with E-state index in [2.05, 4.69) is 15.3 Å². The molecular formula is C14H16N4O2. The summed E-state index contributed by atoms with van der Waals surface area (Å²) in [6.45, 7) is 5.51. The van der Waals surface area contributed by atoms with E-state index in [4.69, 9.17) is 0 Å². The number of rotatable bonds is 5. The summed E-state index contributed by atoms with van der Waals surface area (Å²) >= 11 is 0. The summed E-state index contributed by atoms with van der Waals surface area (Å²) in [6.07, 6.45) is 3.48. The van der Waals surface area contributed by atoms with Crippen LogP contribution in [-0.2, 0) is 6.54 Å². The summed E-state index contributed by atoms with van der Waals surface area (Å²) in [5.41, 5.74) is 2.63. The second-order valence-corrected chi connectivity index (χ2v) is 4.45.